The van der Waals surface area contributed by atoms with Crippen molar-refractivity contribution in [3.63, 3.8) is 0 Å². The number of carbonyl (C=O) groups is 1. The van der Waals surface area contributed by atoms with Gasteiger partial charge in [-0.3, -0.25) is 4.79 Å². The van der Waals surface area contributed by atoms with E-state index in [-0.39, 0.29) is 42.5 Å². The molecule has 0 aromatic heterocycles. The first-order valence-electron chi connectivity index (χ1n) is 10.7. The van der Waals surface area contributed by atoms with Gasteiger partial charge in [-0.1, -0.05) is 12.1 Å². The second-order valence-corrected chi connectivity index (χ2v) is 8.13. The van der Waals surface area contributed by atoms with Crippen molar-refractivity contribution in [2.75, 3.05) is 53.6 Å². The average molecular weight is 546 g/mol. The maximum atomic E-state index is 12.0. The van der Waals surface area contributed by atoms with Gasteiger partial charge < -0.3 is 29.7 Å². The third kappa shape index (κ3) is 8.46. The van der Waals surface area contributed by atoms with Crippen LogP contribution in [0.2, 0.25) is 0 Å². The van der Waals surface area contributed by atoms with Gasteiger partial charge in [-0.15, -0.1) is 24.0 Å². The van der Waals surface area contributed by atoms with E-state index in [2.05, 4.69) is 35.8 Å². The molecule has 1 amide bonds. The number of rotatable bonds is 8. The van der Waals surface area contributed by atoms with E-state index in [1.54, 1.807) is 19.0 Å². The van der Waals surface area contributed by atoms with Gasteiger partial charge in [-0.05, 0) is 25.0 Å². The molecule has 2 N–H and O–H groups in total. The van der Waals surface area contributed by atoms with Gasteiger partial charge in [0.2, 0.25) is 5.91 Å². The topological polar surface area (TPSA) is 84.4 Å². The predicted molar refractivity (Wildman–Crippen MR) is 131 cm³/mol. The lowest BCUT2D eigenvalue weighted by molar-refractivity contribution is -0.127. The summed E-state index contributed by atoms with van der Waals surface area (Å²) in [6.07, 6.45) is 2.03. The van der Waals surface area contributed by atoms with E-state index in [0.29, 0.717) is 25.0 Å². The molecule has 2 fully saturated rings. The fourth-order valence-corrected chi connectivity index (χ4v) is 3.33. The van der Waals surface area contributed by atoms with Gasteiger partial charge in [0.05, 0.1) is 32.9 Å². The number of likely N-dealkylation sites (N-methyl/N-ethyl adjacent to an activating group) is 1. The summed E-state index contributed by atoms with van der Waals surface area (Å²) in [4.78, 5) is 18.3. The number of guanidine groups is 1. The van der Waals surface area contributed by atoms with Crippen LogP contribution in [0.4, 0.5) is 0 Å². The van der Waals surface area contributed by atoms with Crippen LogP contribution in [0.15, 0.2) is 23.2 Å². The highest BCUT2D eigenvalue weighted by Crippen LogP contribution is 2.24. The van der Waals surface area contributed by atoms with Gasteiger partial charge in [-0.2, -0.15) is 0 Å². The molecule has 2 heterocycles. The van der Waals surface area contributed by atoms with Crippen molar-refractivity contribution in [3.8, 4) is 5.75 Å². The smallest absolute Gasteiger partial charge is 0.241 e. The Balaban J connectivity index is 0.00000341. The standard InChI is InChI=1S/C22H34N4O4.HI/c1-16-4-5-18(20(10-16)30-19-7-9-29-15-19)12-24-22(25-13-21(27)26(2)3)23-11-17-6-8-28-14-17;/h4-5,10,17,19H,6-9,11-15H2,1-3H3,(H2,23,24,25);1H. The van der Waals surface area contributed by atoms with Gasteiger partial charge >= 0.3 is 0 Å². The summed E-state index contributed by atoms with van der Waals surface area (Å²) in [6, 6.07) is 6.17. The lowest BCUT2D eigenvalue weighted by atomic mass is 10.1. The van der Waals surface area contributed by atoms with Gasteiger partial charge in [0.15, 0.2) is 5.96 Å². The molecule has 0 aliphatic carbocycles. The molecule has 31 heavy (non-hydrogen) atoms. The Morgan fingerprint density at radius 2 is 1.97 bits per heavy atom. The number of amides is 1. The number of halogens is 1. The summed E-state index contributed by atoms with van der Waals surface area (Å²) >= 11 is 0. The Kier molecular flexibility index (Phi) is 10.8. The number of ether oxygens (including phenoxy) is 3. The summed E-state index contributed by atoms with van der Waals surface area (Å²) in [5.41, 5.74) is 2.16. The molecule has 2 aliphatic heterocycles. The van der Waals surface area contributed by atoms with Crippen molar-refractivity contribution in [2.45, 2.75) is 32.4 Å². The molecule has 1 aromatic carbocycles. The minimum atomic E-state index is -0.00529. The number of benzene rings is 1. The Bertz CT molecular complexity index is 732. The van der Waals surface area contributed by atoms with Crippen LogP contribution in [0.3, 0.4) is 0 Å². The van der Waals surface area contributed by atoms with E-state index in [0.717, 1.165) is 56.1 Å². The minimum absolute atomic E-state index is 0. The van der Waals surface area contributed by atoms with Crippen LogP contribution >= 0.6 is 24.0 Å². The van der Waals surface area contributed by atoms with Crippen LogP contribution in [0.5, 0.6) is 5.75 Å². The number of aliphatic imine (C=N–C) groups is 1. The molecule has 0 bridgehead atoms. The Morgan fingerprint density at radius 1 is 1.19 bits per heavy atom. The van der Waals surface area contributed by atoms with Crippen LogP contribution < -0.4 is 15.4 Å². The molecule has 174 valence electrons. The average Bonchev–Trinajstić information content (AvgIpc) is 3.42. The van der Waals surface area contributed by atoms with Crippen molar-refractivity contribution in [1.82, 2.24) is 15.5 Å². The van der Waals surface area contributed by atoms with Crippen molar-refractivity contribution < 1.29 is 19.0 Å². The molecule has 9 heteroatoms. The van der Waals surface area contributed by atoms with Gasteiger partial charge in [0, 0.05) is 45.1 Å². The fraction of sp³-hybridized carbons (Fsp3) is 0.636. The van der Waals surface area contributed by atoms with Crippen molar-refractivity contribution in [2.24, 2.45) is 10.9 Å². The monoisotopic (exact) mass is 546 g/mol. The molecule has 2 aliphatic rings. The third-order valence-corrected chi connectivity index (χ3v) is 5.30. The highest BCUT2D eigenvalue weighted by atomic mass is 127. The Morgan fingerprint density at radius 3 is 2.65 bits per heavy atom. The second kappa shape index (κ2) is 13.1. The zero-order valence-corrected chi connectivity index (χ0v) is 21.0. The first-order valence-corrected chi connectivity index (χ1v) is 10.7. The zero-order chi connectivity index (χ0) is 21.3. The predicted octanol–water partition coefficient (Wildman–Crippen LogP) is 1.94. The van der Waals surface area contributed by atoms with E-state index < -0.39 is 0 Å². The van der Waals surface area contributed by atoms with Crippen molar-refractivity contribution >= 4 is 35.8 Å². The summed E-state index contributed by atoms with van der Waals surface area (Å²) in [5.74, 6) is 1.92. The van der Waals surface area contributed by atoms with E-state index in [1.165, 1.54) is 0 Å². The number of aryl methyl sites for hydroxylation is 1. The molecule has 0 radical (unpaired) electrons. The summed E-state index contributed by atoms with van der Waals surface area (Å²) in [7, 11) is 3.49. The van der Waals surface area contributed by atoms with E-state index in [1.807, 2.05) is 0 Å². The first-order chi connectivity index (χ1) is 14.5. The Labute approximate surface area is 202 Å². The fourth-order valence-electron chi connectivity index (χ4n) is 3.33. The molecule has 8 nitrogen and oxygen atoms in total. The summed E-state index contributed by atoms with van der Waals surface area (Å²) in [5, 5.41) is 6.50. The largest absolute Gasteiger partial charge is 0.488 e. The number of nitrogens with one attached hydrogen (secondary N) is 2. The Hall–Kier alpha value is -1.59. The van der Waals surface area contributed by atoms with Crippen LogP contribution in [0.25, 0.3) is 0 Å². The zero-order valence-electron chi connectivity index (χ0n) is 18.7. The van der Waals surface area contributed by atoms with Crippen LogP contribution in [0, 0.1) is 12.8 Å². The minimum Gasteiger partial charge on any atom is -0.488 e. The van der Waals surface area contributed by atoms with Gasteiger partial charge in [-0.25, -0.2) is 4.99 Å². The van der Waals surface area contributed by atoms with Gasteiger partial charge in [0.25, 0.3) is 0 Å². The highest BCUT2D eigenvalue weighted by Gasteiger charge is 2.19. The first kappa shape index (κ1) is 25.7. The maximum Gasteiger partial charge on any atom is 0.241 e. The maximum absolute atomic E-state index is 12.0. The van der Waals surface area contributed by atoms with Crippen molar-refractivity contribution in [3.05, 3.63) is 29.3 Å². The molecular formula is C22H35IN4O4. The molecule has 2 unspecified atom stereocenters. The number of carbonyl (C=O) groups excluding carboxylic acids is 1. The molecule has 0 spiro atoms. The molecule has 0 saturated carbocycles. The molecule has 3 rings (SSSR count). The molecule has 1 aromatic rings. The van der Waals surface area contributed by atoms with E-state index in [9.17, 15) is 4.79 Å². The van der Waals surface area contributed by atoms with Crippen molar-refractivity contribution in [1.29, 1.82) is 0 Å². The number of hydrogen-bond acceptors (Lipinski definition) is 5. The lowest BCUT2D eigenvalue weighted by Gasteiger charge is -2.18. The van der Waals surface area contributed by atoms with E-state index >= 15 is 0 Å². The number of hydrogen-bond donors (Lipinski definition) is 2. The quantitative estimate of drug-likeness (QED) is 0.295. The highest BCUT2D eigenvalue weighted by molar-refractivity contribution is 14.0. The number of nitrogens with zero attached hydrogens (tertiary/aromatic N) is 2. The van der Waals surface area contributed by atoms with Crippen LogP contribution in [-0.2, 0) is 20.8 Å². The van der Waals surface area contributed by atoms with E-state index in [4.69, 9.17) is 19.2 Å². The second-order valence-electron chi connectivity index (χ2n) is 8.13. The molecule has 2 atom stereocenters. The van der Waals surface area contributed by atoms with Crippen LogP contribution in [-0.4, -0.2) is 76.5 Å². The molecular weight excluding hydrogens is 511 g/mol. The van der Waals surface area contributed by atoms with Gasteiger partial charge in [0.1, 0.15) is 11.9 Å². The summed E-state index contributed by atoms with van der Waals surface area (Å²) < 4.78 is 17.1. The normalized spacial score (nSPS) is 20.8. The lowest BCUT2D eigenvalue weighted by Crippen LogP contribution is -2.44. The molecule has 2 saturated heterocycles. The van der Waals surface area contributed by atoms with Crippen LogP contribution in [0.1, 0.15) is 24.0 Å². The third-order valence-electron chi connectivity index (χ3n) is 5.30. The summed E-state index contributed by atoms with van der Waals surface area (Å²) in [6.45, 7) is 6.39. The SMILES string of the molecule is Cc1ccc(CN=C(NCC(=O)N(C)C)NCC2CCOC2)c(OC2CCOC2)c1.I.